The predicted octanol–water partition coefficient (Wildman–Crippen LogP) is 1.68. The van der Waals surface area contributed by atoms with Gasteiger partial charge in [0.1, 0.15) is 11.6 Å². The van der Waals surface area contributed by atoms with Gasteiger partial charge in [0.2, 0.25) is 5.91 Å². The van der Waals surface area contributed by atoms with Crippen LogP contribution in [-0.2, 0) is 4.79 Å². The van der Waals surface area contributed by atoms with Gasteiger partial charge in [0.15, 0.2) is 0 Å². The van der Waals surface area contributed by atoms with Crippen LogP contribution >= 0.6 is 0 Å². The molecule has 1 aliphatic heterocycles. The van der Waals surface area contributed by atoms with Gasteiger partial charge in [-0.05, 0) is 32.0 Å². The van der Waals surface area contributed by atoms with Gasteiger partial charge < -0.3 is 10.2 Å². The highest BCUT2D eigenvalue weighted by atomic mass is 19.1. The summed E-state index contributed by atoms with van der Waals surface area (Å²) in [5, 5.41) is 2.90. The van der Waals surface area contributed by atoms with E-state index in [0.717, 1.165) is 18.9 Å². The zero-order chi connectivity index (χ0) is 12.4. The monoisotopic (exact) mass is 240 g/mol. The summed E-state index contributed by atoms with van der Waals surface area (Å²) in [5.74, 6) is -1.47. The second kappa shape index (κ2) is 4.79. The van der Waals surface area contributed by atoms with Crippen LogP contribution in [0.2, 0.25) is 0 Å². The van der Waals surface area contributed by atoms with E-state index in [-0.39, 0.29) is 17.6 Å². The fourth-order valence-corrected chi connectivity index (χ4v) is 2.09. The summed E-state index contributed by atoms with van der Waals surface area (Å²) in [6, 6.07) is 2.89. The molecule has 3 nitrogen and oxygen atoms in total. The Kier molecular flexibility index (Phi) is 3.38. The van der Waals surface area contributed by atoms with Crippen LogP contribution in [0.5, 0.6) is 0 Å². The lowest BCUT2D eigenvalue weighted by Gasteiger charge is -2.32. The minimum Gasteiger partial charge on any atom is -0.311 e. The molecule has 0 radical (unpaired) electrons. The largest absolute Gasteiger partial charge is 0.311 e. The number of nitrogens with zero attached hydrogens (tertiary/aromatic N) is 1. The zero-order valence-electron chi connectivity index (χ0n) is 9.54. The van der Waals surface area contributed by atoms with Crippen LogP contribution in [0.25, 0.3) is 0 Å². The van der Waals surface area contributed by atoms with Crippen LogP contribution in [0, 0.1) is 11.6 Å². The number of carbonyl (C=O) groups is 1. The summed E-state index contributed by atoms with van der Waals surface area (Å²) in [6.45, 7) is 0.500. The quantitative estimate of drug-likeness (QED) is 0.853. The molecule has 92 valence electrons. The van der Waals surface area contributed by atoms with Crippen molar-refractivity contribution in [2.45, 2.75) is 18.9 Å². The van der Waals surface area contributed by atoms with E-state index in [1.807, 2.05) is 0 Å². The van der Waals surface area contributed by atoms with Crippen LogP contribution in [0.3, 0.4) is 0 Å². The second-order valence-electron chi connectivity index (χ2n) is 4.10. The van der Waals surface area contributed by atoms with Crippen molar-refractivity contribution in [1.29, 1.82) is 0 Å². The van der Waals surface area contributed by atoms with Gasteiger partial charge in [0, 0.05) is 18.3 Å². The van der Waals surface area contributed by atoms with E-state index in [9.17, 15) is 13.6 Å². The third kappa shape index (κ3) is 2.44. The summed E-state index contributed by atoms with van der Waals surface area (Å²) in [7, 11) is 1.71. The lowest BCUT2D eigenvalue weighted by Crippen LogP contribution is -2.49. The van der Waals surface area contributed by atoms with Crippen molar-refractivity contribution >= 4 is 11.6 Å². The number of amides is 1. The summed E-state index contributed by atoms with van der Waals surface area (Å²) in [4.78, 5) is 13.4. The van der Waals surface area contributed by atoms with E-state index in [1.54, 1.807) is 7.05 Å². The number of piperidine rings is 1. The molecule has 1 aromatic rings. The number of benzene rings is 1. The number of likely N-dealkylation sites (N-methyl/N-ethyl adjacent to an activating group) is 1. The lowest BCUT2D eigenvalue weighted by atomic mass is 10.0. The van der Waals surface area contributed by atoms with Crippen molar-refractivity contribution in [2.75, 3.05) is 18.5 Å². The number of halogens is 2. The lowest BCUT2D eigenvalue weighted by molar-refractivity contribution is -0.121. The van der Waals surface area contributed by atoms with E-state index < -0.39 is 11.6 Å². The van der Waals surface area contributed by atoms with Gasteiger partial charge in [-0.15, -0.1) is 0 Å². The third-order valence-corrected chi connectivity index (χ3v) is 2.95. The second-order valence-corrected chi connectivity index (χ2v) is 4.10. The molecular weight excluding hydrogens is 226 g/mol. The highest BCUT2D eigenvalue weighted by molar-refractivity contribution is 5.97. The summed E-state index contributed by atoms with van der Waals surface area (Å²) in [5.41, 5.74) is 0.285. The van der Waals surface area contributed by atoms with Crippen LogP contribution in [-0.4, -0.2) is 25.5 Å². The molecule has 0 aromatic heterocycles. The molecule has 0 spiro atoms. The van der Waals surface area contributed by atoms with Gasteiger partial charge in [0.05, 0.1) is 6.04 Å². The van der Waals surface area contributed by atoms with E-state index >= 15 is 0 Å². The average molecular weight is 240 g/mol. The van der Waals surface area contributed by atoms with Crippen LogP contribution < -0.4 is 10.2 Å². The van der Waals surface area contributed by atoms with Gasteiger partial charge >= 0.3 is 0 Å². The SMILES string of the molecule is CNC1CCCN(c2cc(F)cc(F)c2)C1=O. The van der Waals surface area contributed by atoms with Crippen molar-refractivity contribution in [2.24, 2.45) is 0 Å². The molecule has 1 N–H and O–H groups in total. The standard InChI is InChI=1S/C12H14F2N2O/c1-15-11-3-2-4-16(12(11)17)10-6-8(13)5-9(14)7-10/h5-7,11,15H,2-4H2,1H3. The Balaban J connectivity index is 2.29. The molecule has 0 aliphatic carbocycles. The molecule has 1 amide bonds. The van der Waals surface area contributed by atoms with Crippen LogP contribution in [0.4, 0.5) is 14.5 Å². The minimum absolute atomic E-state index is 0.135. The molecule has 1 aliphatic rings. The van der Waals surface area contributed by atoms with E-state index in [0.29, 0.717) is 6.54 Å². The number of anilines is 1. The molecule has 5 heteroatoms. The van der Waals surface area contributed by atoms with Gasteiger partial charge in [-0.3, -0.25) is 4.79 Å². The molecule has 1 atom stereocenters. The van der Waals surface area contributed by atoms with E-state index in [4.69, 9.17) is 0 Å². The first-order chi connectivity index (χ1) is 8.11. The normalized spacial score (nSPS) is 20.8. The average Bonchev–Trinajstić information content (AvgIpc) is 2.28. The Bertz CT molecular complexity index is 416. The van der Waals surface area contributed by atoms with Crippen molar-refractivity contribution in [3.8, 4) is 0 Å². The number of rotatable bonds is 2. The number of hydrogen-bond donors (Lipinski definition) is 1. The maximum Gasteiger partial charge on any atom is 0.244 e. The molecule has 1 fully saturated rings. The Morgan fingerprint density at radius 2 is 1.94 bits per heavy atom. The molecule has 0 saturated carbocycles. The number of hydrogen-bond acceptors (Lipinski definition) is 2. The van der Waals surface area contributed by atoms with Crippen LogP contribution in [0.1, 0.15) is 12.8 Å². The highest BCUT2D eigenvalue weighted by Gasteiger charge is 2.28. The van der Waals surface area contributed by atoms with E-state index in [1.165, 1.54) is 17.0 Å². The number of carbonyl (C=O) groups excluding carboxylic acids is 1. The van der Waals surface area contributed by atoms with Gasteiger partial charge in [-0.1, -0.05) is 0 Å². The zero-order valence-corrected chi connectivity index (χ0v) is 9.54. The topological polar surface area (TPSA) is 32.3 Å². The predicted molar refractivity (Wildman–Crippen MR) is 60.8 cm³/mol. The van der Waals surface area contributed by atoms with Gasteiger partial charge in [0.25, 0.3) is 0 Å². The molecule has 0 bridgehead atoms. The molecule has 17 heavy (non-hydrogen) atoms. The Labute approximate surface area is 98.4 Å². The fourth-order valence-electron chi connectivity index (χ4n) is 2.09. The van der Waals surface area contributed by atoms with Crippen molar-refractivity contribution in [3.05, 3.63) is 29.8 Å². The first-order valence-electron chi connectivity index (χ1n) is 5.56. The maximum absolute atomic E-state index is 13.1. The van der Waals surface area contributed by atoms with Crippen molar-refractivity contribution in [1.82, 2.24) is 5.32 Å². The fraction of sp³-hybridized carbons (Fsp3) is 0.417. The van der Waals surface area contributed by atoms with E-state index in [2.05, 4.69) is 5.32 Å². The molecule has 1 saturated heterocycles. The first-order valence-corrected chi connectivity index (χ1v) is 5.56. The highest BCUT2D eigenvalue weighted by Crippen LogP contribution is 2.23. The summed E-state index contributed by atoms with van der Waals surface area (Å²) < 4.78 is 26.2. The molecule has 1 unspecified atom stereocenters. The molecule has 2 rings (SSSR count). The minimum atomic E-state index is -0.667. The Morgan fingerprint density at radius 3 is 2.53 bits per heavy atom. The maximum atomic E-state index is 13.1. The van der Waals surface area contributed by atoms with Crippen molar-refractivity contribution in [3.63, 3.8) is 0 Å². The third-order valence-electron chi connectivity index (χ3n) is 2.95. The van der Waals surface area contributed by atoms with Gasteiger partial charge in [-0.2, -0.15) is 0 Å². The molecule has 1 aromatic carbocycles. The smallest absolute Gasteiger partial charge is 0.244 e. The van der Waals surface area contributed by atoms with Crippen molar-refractivity contribution < 1.29 is 13.6 Å². The molecule has 1 heterocycles. The summed E-state index contributed by atoms with van der Waals surface area (Å²) >= 11 is 0. The summed E-state index contributed by atoms with van der Waals surface area (Å²) in [6.07, 6.45) is 1.57. The van der Waals surface area contributed by atoms with Crippen LogP contribution in [0.15, 0.2) is 18.2 Å². The molecular formula is C12H14F2N2O. The first kappa shape index (κ1) is 12.0. The number of nitrogens with one attached hydrogen (secondary N) is 1. The Morgan fingerprint density at radius 1 is 1.29 bits per heavy atom. The van der Waals surface area contributed by atoms with Gasteiger partial charge in [-0.25, -0.2) is 8.78 Å². The Hall–Kier alpha value is -1.49.